The van der Waals surface area contributed by atoms with Gasteiger partial charge in [-0.2, -0.15) is 0 Å². The number of rotatable bonds is 4. The van der Waals surface area contributed by atoms with Crippen LogP contribution >= 0.6 is 0 Å². The molecule has 0 radical (unpaired) electrons. The van der Waals surface area contributed by atoms with Crippen LogP contribution in [0.25, 0.3) is 0 Å². The van der Waals surface area contributed by atoms with Gasteiger partial charge in [-0.05, 0) is 44.7 Å². The fraction of sp³-hybridized carbons (Fsp3) is 0.600. The van der Waals surface area contributed by atoms with Crippen LogP contribution in [0.2, 0.25) is 0 Å². The van der Waals surface area contributed by atoms with Crippen LogP contribution in [0.4, 0.5) is 4.79 Å². The Bertz CT molecular complexity index is 548. The smallest absolute Gasteiger partial charge is 0.315 e. The molecule has 3 N–H and O–H groups in total. The van der Waals surface area contributed by atoms with E-state index in [1.165, 1.54) is 0 Å². The number of aromatic amines is 1. The fourth-order valence-electron chi connectivity index (χ4n) is 2.51. The molecule has 116 valence electrons. The maximum absolute atomic E-state index is 11.8. The number of H-pyrrole nitrogens is 1. The summed E-state index contributed by atoms with van der Waals surface area (Å²) < 4.78 is 5.55. The van der Waals surface area contributed by atoms with Crippen LogP contribution in [0.1, 0.15) is 36.1 Å². The Kier molecular flexibility index (Phi) is 5.38. The highest BCUT2D eigenvalue weighted by Gasteiger charge is 2.14. The second-order valence-electron chi connectivity index (χ2n) is 5.50. The standard InChI is InChI=1S/C15H23N3O3/c1-10-7-11(2)18-14(19)13(10)9-17-15(20)16-8-12-5-3-4-6-21-12/h7,12H,3-6,8-9H2,1-2H3,(H,18,19)(H2,16,17,20)/t12-/m0/s1. The molecule has 2 rings (SSSR count). The number of pyridine rings is 1. The topological polar surface area (TPSA) is 83.2 Å². The molecule has 1 aliphatic heterocycles. The highest BCUT2D eigenvalue weighted by Crippen LogP contribution is 2.11. The molecule has 2 amide bonds. The van der Waals surface area contributed by atoms with Crippen LogP contribution in [0.3, 0.4) is 0 Å². The molecule has 1 aromatic heterocycles. The Morgan fingerprint density at radius 3 is 2.86 bits per heavy atom. The van der Waals surface area contributed by atoms with Gasteiger partial charge in [0.1, 0.15) is 0 Å². The van der Waals surface area contributed by atoms with Crippen LogP contribution in [0.15, 0.2) is 10.9 Å². The highest BCUT2D eigenvalue weighted by molar-refractivity contribution is 5.73. The summed E-state index contributed by atoms with van der Waals surface area (Å²) >= 11 is 0. The van der Waals surface area contributed by atoms with Gasteiger partial charge in [-0.3, -0.25) is 4.79 Å². The van der Waals surface area contributed by atoms with Crippen molar-refractivity contribution in [2.75, 3.05) is 13.2 Å². The van der Waals surface area contributed by atoms with Crippen LogP contribution < -0.4 is 16.2 Å². The van der Waals surface area contributed by atoms with Crippen molar-refractivity contribution in [3.05, 3.63) is 33.2 Å². The molecule has 0 saturated carbocycles. The van der Waals surface area contributed by atoms with Gasteiger partial charge in [0.15, 0.2) is 0 Å². The summed E-state index contributed by atoms with van der Waals surface area (Å²) in [5.74, 6) is 0. The number of aryl methyl sites for hydroxylation is 2. The molecule has 1 atom stereocenters. The lowest BCUT2D eigenvalue weighted by Crippen LogP contribution is -2.41. The Labute approximate surface area is 124 Å². The van der Waals surface area contributed by atoms with E-state index in [0.717, 1.165) is 37.1 Å². The van der Waals surface area contributed by atoms with Crippen molar-refractivity contribution in [2.45, 2.75) is 45.8 Å². The van der Waals surface area contributed by atoms with Crippen molar-refractivity contribution in [1.29, 1.82) is 0 Å². The van der Waals surface area contributed by atoms with E-state index >= 15 is 0 Å². The Balaban J connectivity index is 1.80. The number of nitrogens with one attached hydrogen (secondary N) is 3. The van der Waals surface area contributed by atoms with E-state index in [1.807, 2.05) is 19.9 Å². The molecule has 2 heterocycles. The molecule has 1 aliphatic rings. The van der Waals surface area contributed by atoms with Gasteiger partial charge in [-0.1, -0.05) is 0 Å². The average molecular weight is 293 g/mol. The van der Waals surface area contributed by atoms with Gasteiger partial charge >= 0.3 is 6.03 Å². The van der Waals surface area contributed by atoms with Gasteiger partial charge in [0.25, 0.3) is 5.56 Å². The number of carbonyl (C=O) groups is 1. The van der Waals surface area contributed by atoms with Gasteiger partial charge in [0.05, 0.1) is 12.6 Å². The molecule has 21 heavy (non-hydrogen) atoms. The van der Waals surface area contributed by atoms with E-state index in [1.54, 1.807) is 0 Å². The third-order valence-electron chi connectivity index (χ3n) is 3.68. The highest BCUT2D eigenvalue weighted by atomic mass is 16.5. The lowest BCUT2D eigenvalue weighted by molar-refractivity contribution is 0.0184. The number of carbonyl (C=O) groups excluding carboxylic acids is 1. The third kappa shape index (κ3) is 4.60. The maximum Gasteiger partial charge on any atom is 0.315 e. The fourth-order valence-corrected chi connectivity index (χ4v) is 2.51. The predicted octanol–water partition coefficient (Wildman–Crippen LogP) is 1.36. The first-order chi connectivity index (χ1) is 10.1. The number of ether oxygens (including phenoxy) is 1. The van der Waals surface area contributed by atoms with Crippen LogP contribution in [-0.2, 0) is 11.3 Å². The zero-order valence-electron chi connectivity index (χ0n) is 12.6. The van der Waals surface area contributed by atoms with Gasteiger partial charge in [0, 0.05) is 24.4 Å². The number of aromatic nitrogens is 1. The second-order valence-corrected chi connectivity index (χ2v) is 5.50. The van der Waals surface area contributed by atoms with Crippen molar-refractivity contribution in [2.24, 2.45) is 0 Å². The quantitative estimate of drug-likeness (QED) is 0.784. The zero-order valence-corrected chi connectivity index (χ0v) is 12.6. The van der Waals surface area contributed by atoms with E-state index in [4.69, 9.17) is 4.74 Å². The van der Waals surface area contributed by atoms with Crippen molar-refractivity contribution in [3.63, 3.8) is 0 Å². The molecular formula is C15H23N3O3. The van der Waals surface area contributed by atoms with Gasteiger partial charge in [-0.15, -0.1) is 0 Å². The number of hydrogen-bond acceptors (Lipinski definition) is 3. The summed E-state index contributed by atoms with van der Waals surface area (Å²) in [5, 5.41) is 5.50. The summed E-state index contributed by atoms with van der Waals surface area (Å²) in [6.45, 7) is 5.20. The minimum Gasteiger partial charge on any atom is -0.376 e. The summed E-state index contributed by atoms with van der Waals surface area (Å²) in [6, 6.07) is 1.62. The monoisotopic (exact) mass is 293 g/mol. The number of amides is 2. The molecule has 1 aromatic rings. The first kappa shape index (κ1) is 15.6. The summed E-state index contributed by atoms with van der Waals surface area (Å²) in [5.41, 5.74) is 2.14. The largest absolute Gasteiger partial charge is 0.376 e. The molecule has 0 aliphatic carbocycles. The average Bonchev–Trinajstić information content (AvgIpc) is 2.45. The van der Waals surface area contributed by atoms with Gasteiger partial charge < -0.3 is 20.4 Å². The first-order valence-electron chi connectivity index (χ1n) is 7.39. The van der Waals surface area contributed by atoms with Crippen molar-refractivity contribution in [1.82, 2.24) is 15.6 Å². The van der Waals surface area contributed by atoms with Gasteiger partial charge in [-0.25, -0.2) is 4.79 Å². The lowest BCUT2D eigenvalue weighted by Gasteiger charge is -2.22. The molecule has 0 bridgehead atoms. The molecule has 0 spiro atoms. The SMILES string of the molecule is Cc1cc(C)c(CNC(=O)NC[C@@H]2CCCCO2)c(=O)[nH]1. The van der Waals surface area contributed by atoms with E-state index in [0.29, 0.717) is 12.1 Å². The predicted molar refractivity (Wildman–Crippen MR) is 80.4 cm³/mol. The zero-order chi connectivity index (χ0) is 15.2. The number of hydrogen-bond donors (Lipinski definition) is 3. The minimum absolute atomic E-state index is 0.106. The summed E-state index contributed by atoms with van der Waals surface area (Å²) in [6.07, 6.45) is 3.33. The molecule has 0 unspecified atom stereocenters. The minimum atomic E-state index is -0.274. The molecule has 0 aromatic carbocycles. The van der Waals surface area contributed by atoms with Crippen molar-refractivity contribution < 1.29 is 9.53 Å². The lowest BCUT2D eigenvalue weighted by atomic mass is 10.1. The summed E-state index contributed by atoms with van der Waals surface area (Å²) in [7, 11) is 0. The second kappa shape index (κ2) is 7.26. The Hall–Kier alpha value is -1.82. The van der Waals surface area contributed by atoms with Crippen LogP contribution in [0, 0.1) is 13.8 Å². The summed E-state index contributed by atoms with van der Waals surface area (Å²) in [4.78, 5) is 26.3. The van der Waals surface area contributed by atoms with E-state index in [-0.39, 0.29) is 24.2 Å². The maximum atomic E-state index is 11.8. The Morgan fingerprint density at radius 1 is 1.38 bits per heavy atom. The van der Waals surface area contributed by atoms with Crippen molar-refractivity contribution >= 4 is 6.03 Å². The molecular weight excluding hydrogens is 270 g/mol. The van der Waals surface area contributed by atoms with E-state index in [2.05, 4.69) is 15.6 Å². The van der Waals surface area contributed by atoms with E-state index < -0.39 is 0 Å². The van der Waals surface area contributed by atoms with Crippen LogP contribution in [0.5, 0.6) is 0 Å². The van der Waals surface area contributed by atoms with Crippen molar-refractivity contribution in [3.8, 4) is 0 Å². The molecule has 6 heteroatoms. The third-order valence-corrected chi connectivity index (χ3v) is 3.68. The normalized spacial score (nSPS) is 18.3. The molecule has 1 fully saturated rings. The molecule has 1 saturated heterocycles. The Morgan fingerprint density at radius 2 is 2.19 bits per heavy atom. The first-order valence-corrected chi connectivity index (χ1v) is 7.39. The molecule has 6 nitrogen and oxygen atoms in total. The number of urea groups is 1. The van der Waals surface area contributed by atoms with Crippen LogP contribution in [-0.4, -0.2) is 30.3 Å². The van der Waals surface area contributed by atoms with Gasteiger partial charge in [0.2, 0.25) is 0 Å². The van der Waals surface area contributed by atoms with E-state index in [9.17, 15) is 9.59 Å².